The topological polar surface area (TPSA) is 50.4 Å². The summed E-state index contributed by atoms with van der Waals surface area (Å²) in [6.45, 7) is 0.484. The number of hydrogen-bond donors (Lipinski definition) is 2. The number of hydrogen-bond acceptors (Lipinski definition) is 3. The van der Waals surface area contributed by atoms with Crippen LogP contribution in [0.15, 0.2) is 91.0 Å². The molecule has 1 unspecified atom stereocenters. The van der Waals surface area contributed by atoms with E-state index in [-0.39, 0.29) is 11.9 Å². The third kappa shape index (κ3) is 3.37. The Bertz CT molecular complexity index is 785. The first kappa shape index (κ1) is 17.5. The first-order chi connectivity index (χ1) is 13.3. The van der Waals surface area contributed by atoms with Crippen LogP contribution >= 0.6 is 0 Å². The smallest absolute Gasteiger partial charge is 0.260 e. The van der Waals surface area contributed by atoms with Crippen LogP contribution in [0.4, 0.5) is 0 Å². The molecular weight excluding hydrogens is 336 g/mol. The maximum absolute atomic E-state index is 12.5. The summed E-state index contributed by atoms with van der Waals surface area (Å²) >= 11 is 0. The van der Waals surface area contributed by atoms with Gasteiger partial charge in [0.15, 0.2) is 0 Å². The van der Waals surface area contributed by atoms with Crippen molar-refractivity contribution in [3.63, 3.8) is 0 Å². The molecule has 0 radical (unpaired) electrons. The second-order valence-corrected chi connectivity index (χ2v) is 6.65. The molecule has 4 heteroatoms. The van der Waals surface area contributed by atoms with E-state index in [1.807, 2.05) is 54.6 Å². The van der Waals surface area contributed by atoms with Gasteiger partial charge in [0, 0.05) is 0 Å². The fourth-order valence-corrected chi connectivity index (χ4v) is 3.71. The van der Waals surface area contributed by atoms with Crippen molar-refractivity contribution in [2.24, 2.45) is 0 Å². The highest BCUT2D eigenvalue weighted by Gasteiger charge is 2.40. The molecule has 0 bridgehead atoms. The first-order valence-electron chi connectivity index (χ1n) is 9.16. The van der Waals surface area contributed by atoms with Crippen molar-refractivity contribution in [1.82, 2.24) is 10.8 Å². The van der Waals surface area contributed by atoms with Gasteiger partial charge in [0.05, 0.1) is 18.2 Å². The molecule has 3 aromatic rings. The van der Waals surface area contributed by atoms with Crippen LogP contribution in [-0.4, -0.2) is 18.6 Å². The fraction of sp³-hybridized carbons (Fsp3) is 0.174. The van der Waals surface area contributed by atoms with Crippen LogP contribution in [0.2, 0.25) is 0 Å². The van der Waals surface area contributed by atoms with Gasteiger partial charge in [-0.25, -0.2) is 5.48 Å². The Morgan fingerprint density at radius 2 is 1.22 bits per heavy atom. The normalized spacial score (nSPS) is 17.3. The van der Waals surface area contributed by atoms with E-state index in [2.05, 4.69) is 47.2 Å². The fourth-order valence-electron chi connectivity index (χ4n) is 3.71. The molecule has 136 valence electrons. The molecule has 1 aliphatic heterocycles. The van der Waals surface area contributed by atoms with Crippen molar-refractivity contribution in [2.75, 3.05) is 6.61 Å². The van der Waals surface area contributed by atoms with Crippen LogP contribution < -0.4 is 10.8 Å². The zero-order valence-corrected chi connectivity index (χ0v) is 15.0. The lowest BCUT2D eigenvalue weighted by molar-refractivity contribution is -0.142. The van der Waals surface area contributed by atoms with Crippen LogP contribution in [0.25, 0.3) is 0 Å². The Balaban J connectivity index is 1.93. The van der Waals surface area contributed by atoms with Gasteiger partial charge in [-0.3, -0.25) is 14.9 Å². The Morgan fingerprint density at radius 1 is 0.778 bits per heavy atom. The third-order valence-electron chi connectivity index (χ3n) is 5.01. The van der Waals surface area contributed by atoms with Gasteiger partial charge in [-0.15, -0.1) is 0 Å². The van der Waals surface area contributed by atoms with E-state index in [4.69, 9.17) is 4.84 Å². The second kappa shape index (κ2) is 7.74. The molecule has 0 aromatic heterocycles. The Morgan fingerprint density at radius 3 is 1.63 bits per heavy atom. The second-order valence-electron chi connectivity index (χ2n) is 6.65. The molecule has 0 saturated carbocycles. The van der Waals surface area contributed by atoms with Crippen LogP contribution in [0, 0.1) is 0 Å². The Kier molecular flexibility index (Phi) is 5.01. The molecule has 1 amide bonds. The molecule has 0 aliphatic carbocycles. The molecule has 4 rings (SSSR count). The maximum Gasteiger partial charge on any atom is 0.260 e. The highest BCUT2D eigenvalue weighted by atomic mass is 16.7. The molecule has 1 fully saturated rings. The number of amides is 1. The van der Waals surface area contributed by atoms with E-state index >= 15 is 0 Å². The summed E-state index contributed by atoms with van der Waals surface area (Å²) in [5.74, 6) is -0.145. The summed E-state index contributed by atoms with van der Waals surface area (Å²) in [6, 6.07) is 30.4. The lowest BCUT2D eigenvalue weighted by Gasteiger charge is -2.40. The number of rotatable bonds is 5. The number of carbonyl (C=O) groups is 1. The van der Waals surface area contributed by atoms with E-state index in [1.165, 1.54) is 0 Å². The maximum atomic E-state index is 12.5. The number of hydroxylamine groups is 1. The van der Waals surface area contributed by atoms with E-state index in [0.29, 0.717) is 13.0 Å². The van der Waals surface area contributed by atoms with Crippen molar-refractivity contribution in [3.05, 3.63) is 108 Å². The van der Waals surface area contributed by atoms with Gasteiger partial charge < -0.3 is 0 Å². The van der Waals surface area contributed by atoms with Gasteiger partial charge in [0.25, 0.3) is 5.91 Å². The minimum atomic E-state index is -0.650. The number of benzene rings is 3. The van der Waals surface area contributed by atoms with E-state index in [1.54, 1.807) is 0 Å². The quantitative estimate of drug-likeness (QED) is 0.688. The van der Waals surface area contributed by atoms with Crippen molar-refractivity contribution in [1.29, 1.82) is 0 Å². The molecule has 4 nitrogen and oxygen atoms in total. The number of carbonyl (C=O) groups excluding carboxylic acids is 1. The lowest BCUT2D eigenvalue weighted by atomic mass is 9.76. The van der Waals surface area contributed by atoms with E-state index < -0.39 is 5.54 Å². The van der Waals surface area contributed by atoms with Gasteiger partial charge >= 0.3 is 0 Å². The summed E-state index contributed by atoms with van der Waals surface area (Å²) in [5, 5.41) is 3.68. The van der Waals surface area contributed by atoms with Crippen molar-refractivity contribution >= 4 is 5.91 Å². The first-order valence-corrected chi connectivity index (χ1v) is 9.16. The summed E-state index contributed by atoms with van der Waals surface area (Å²) < 4.78 is 0. The SMILES string of the molecule is O=C1NOCCC1NC(c1ccccc1)(c1ccccc1)c1ccccc1. The van der Waals surface area contributed by atoms with Crippen molar-refractivity contribution in [2.45, 2.75) is 18.0 Å². The Hall–Kier alpha value is -2.95. The van der Waals surface area contributed by atoms with Gasteiger partial charge in [-0.1, -0.05) is 91.0 Å². The summed E-state index contributed by atoms with van der Waals surface area (Å²) in [5.41, 5.74) is 5.11. The van der Waals surface area contributed by atoms with Crippen LogP contribution in [-0.2, 0) is 15.2 Å². The molecule has 3 aromatic carbocycles. The highest BCUT2D eigenvalue weighted by Crippen LogP contribution is 2.37. The van der Waals surface area contributed by atoms with Crippen molar-refractivity contribution in [3.8, 4) is 0 Å². The largest absolute Gasteiger partial charge is 0.289 e. The molecule has 2 N–H and O–H groups in total. The summed E-state index contributed by atoms with van der Waals surface area (Å²) in [4.78, 5) is 17.6. The molecule has 1 saturated heterocycles. The van der Waals surface area contributed by atoms with Gasteiger partial charge in [0.1, 0.15) is 0 Å². The zero-order chi connectivity index (χ0) is 18.5. The van der Waals surface area contributed by atoms with Crippen LogP contribution in [0.5, 0.6) is 0 Å². The molecule has 1 aliphatic rings. The summed E-state index contributed by atoms with van der Waals surface area (Å²) in [7, 11) is 0. The predicted molar refractivity (Wildman–Crippen MR) is 105 cm³/mol. The van der Waals surface area contributed by atoms with Gasteiger partial charge in [-0.05, 0) is 23.1 Å². The zero-order valence-electron chi connectivity index (χ0n) is 15.0. The molecule has 1 heterocycles. The average Bonchev–Trinajstić information content (AvgIpc) is 2.75. The number of nitrogens with one attached hydrogen (secondary N) is 2. The minimum absolute atomic E-state index is 0.145. The molecule has 27 heavy (non-hydrogen) atoms. The van der Waals surface area contributed by atoms with Crippen LogP contribution in [0.3, 0.4) is 0 Å². The third-order valence-corrected chi connectivity index (χ3v) is 5.01. The van der Waals surface area contributed by atoms with E-state index in [0.717, 1.165) is 16.7 Å². The Labute approximate surface area is 159 Å². The van der Waals surface area contributed by atoms with E-state index in [9.17, 15) is 4.79 Å². The molecule has 1 atom stereocenters. The predicted octanol–water partition coefficient (Wildman–Crippen LogP) is 3.39. The van der Waals surface area contributed by atoms with Gasteiger partial charge in [-0.2, -0.15) is 0 Å². The minimum Gasteiger partial charge on any atom is -0.289 e. The standard InChI is InChI=1S/C23H22N2O2/c26-22-21(16-17-27-25-22)24-23(18-10-4-1-5-11-18,19-12-6-2-7-13-19)20-14-8-3-9-15-20/h1-15,21,24H,16-17H2,(H,25,26). The highest BCUT2D eigenvalue weighted by molar-refractivity contribution is 5.81. The lowest BCUT2D eigenvalue weighted by Crippen LogP contribution is -2.57. The monoisotopic (exact) mass is 358 g/mol. The molecular formula is C23H22N2O2. The molecule has 0 spiro atoms. The summed E-state index contributed by atoms with van der Waals surface area (Å²) in [6.07, 6.45) is 0.611. The van der Waals surface area contributed by atoms with Gasteiger partial charge in [0.2, 0.25) is 0 Å². The van der Waals surface area contributed by atoms with Crippen molar-refractivity contribution < 1.29 is 9.63 Å². The van der Waals surface area contributed by atoms with Crippen LogP contribution in [0.1, 0.15) is 23.1 Å². The average molecular weight is 358 g/mol.